The van der Waals surface area contributed by atoms with Crippen molar-refractivity contribution in [3.63, 3.8) is 0 Å². The summed E-state index contributed by atoms with van der Waals surface area (Å²) < 4.78 is 1.59. The number of benzene rings is 1. The van der Waals surface area contributed by atoms with Gasteiger partial charge in [0.15, 0.2) is 5.16 Å². The number of nitrogens with zero attached hydrogens (tertiary/aromatic N) is 4. The quantitative estimate of drug-likeness (QED) is 0.409. The van der Waals surface area contributed by atoms with Gasteiger partial charge in [-0.1, -0.05) is 30.0 Å². The van der Waals surface area contributed by atoms with Gasteiger partial charge in [-0.25, -0.2) is 14.5 Å². The van der Waals surface area contributed by atoms with Crippen LogP contribution in [-0.2, 0) is 5.75 Å². The molecule has 0 unspecified atom stereocenters. The third kappa shape index (κ3) is 3.23. The lowest BCUT2D eigenvalue weighted by atomic mass is 10.2. The molecular formula is C20H16N4OS. The van der Waals surface area contributed by atoms with Gasteiger partial charge in [-0.15, -0.1) is 0 Å². The fraction of sp³-hybridized carbons (Fsp3) is 0.100. The summed E-state index contributed by atoms with van der Waals surface area (Å²) in [5, 5.41) is 1.21. The van der Waals surface area contributed by atoms with Crippen molar-refractivity contribution in [2.75, 3.05) is 0 Å². The molecule has 0 saturated carbocycles. The Morgan fingerprint density at radius 1 is 1.08 bits per heavy atom. The first-order chi connectivity index (χ1) is 12.7. The number of fused-ring (bicyclic) bond motifs is 1. The summed E-state index contributed by atoms with van der Waals surface area (Å²) in [6.45, 7) is 1.98. The second-order valence-electron chi connectivity index (χ2n) is 5.89. The van der Waals surface area contributed by atoms with Crippen LogP contribution < -0.4 is 5.56 Å². The van der Waals surface area contributed by atoms with Gasteiger partial charge in [0.1, 0.15) is 5.82 Å². The SMILES string of the molecule is Cc1ccnc(-n2c(SCc3cccnc3)nc3ccccc3c2=O)c1. The Bertz CT molecular complexity index is 1130. The van der Waals surface area contributed by atoms with Gasteiger partial charge in [0.25, 0.3) is 5.56 Å². The molecule has 0 bridgehead atoms. The molecule has 6 heteroatoms. The predicted molar refractivity (Wildman–Crippen MR) is 104 cm³/mol. The molecule has 4 aromatic rings. The molecule has 0 aliphatic rings. The fourth-order valence-corrected chi connectivity index (χ4v) is 3.62. The molecule has 128 valence electrons. The van der Waals surface area contributed by atoms with Crippen LogP contribution in [-0.4, -0.2) is 19.5 Å². The lowest BCUT2D eigenvalue weighted by molar-refractivity contribution is 0.794. The molecule has 0 radical (unpaired) electrons. The fourth-order valence-electron chi connectivity index (χ4n) is 2.69. The van der Waals surface area contributed by atoms with Gasteiger partial charge < -0.3 is 0 Å². The number of aryl methyl sites for hydroxylation is 1. The highest BCUT2D eigenvalue weighted by Crippen LogP contribution is 2.24. The molecule has 5 nitrogen and oxygen atoms in total. The van der Waals surface area contributed by atoms with E-state index in [1.165, 1.54) is 11.8 Å². The average molecular weight is 360 g/mol. The second kappa shape index (κ2) is 7.09. The lowest BCUT2D eigenvalue weighted by Gasteiger charge is -2.12. The molecule has 4 rings (SSSR count). The number of pyridine rings is 2. The van der Waals surface area contributed by atoms with Crippen LogP contribution in [0.5, 0.6) is 0 Å². The van der Waals surface area contributed by atoms with E-state index in [0.29, 0.717) is 27.6 Å². The third-order valence-electron chi connectivity index (χ3n) is 3.97. The zero-order valence-electron chi connectivity index (χ0n) is 14.2. The first-order valence-corrected chi connectivity index (χ1v) is 9.17. The van der Waals surface area contributed by atoms with Crippen molar-refractivity contribution in [2.45, 2.75) is 17.8 Å². The molecule has 0 N–H and O–H groups in total. The molecular weight excluding hydrogens is 344 g/mol. The van der Waals surface area contributed by atoms with Crippen LogP contribution in [0.15, 0.2) is 77.1 Å². The van der Waals surface area contributed by atoms with Crippen LogP contribution in [0.1, 0.15) is 11.1 Å². The van der Waals surface area contributed by atoms with Crippen molar-refractivity contribution in [3.8, 4) is 5.82 Å². The minimum atomic E-state index is -0.109. The van der Waals surface area contributed by atoms with E-state index in [-0.39, 0.29) is 5.56 Å². The van der Waals surface area contributed by atoms with Gasteiger partial charge in [0.05, 0.1) is 10.9 Å². The Morgan fingerprint density at radius 3 is 2.77 bits per heavy atom. The molecule has 0 aliphatic carbocycles. The minimum absolute atomic E-state index is 0.109. The molecule has 0 saturated heterocycles. The first kappa shape index (κ1) is 16.5. The van der Waals surface area contributed by atoms with E-state index in [4.69, 9.17) is 4.98 Å². The summed E-state index contributed by atoms with van der Waals surface area (Å²) in [4.78, 5) is 26.4. The largest absolute Gasteiger partial charge is 0.268 e. The van der Waals surface area contributed by atoms with Gasteiger partial charge in [-0.2, -0.15) is 0 Å². The van der Waals surface area contributed by atoms with E-state index in [2.05, 4.69) is 9.97 Å². The summed E-state index contributed by atoms with van der Waals surface area (Å²) >= 11 is 1.50. The Hall–Kier alpha value is -2.99. The molecule has 1 aromatic carbocycles. The van der Waals surface area contributed by atoms with Crippen molar-refractivity contribution >= 4 is 22.7 Å². The van der Waals surface area contributed by atoms with Crippen LogP contribution in [0.25, 0.3) is 16.7 Å². The number of thioether (sulfide) groups is 1. The van der Waals surface area contributed by atoms with Gasteiger partial charge >= 0.3 is 0 Å². The van der Waals surface area contributed by atoms with Crippen molar-refractivity contribution < 1.29 is 0 Å². The number of rotatable bonds is 4. The van der Waals surface area contributed by atoms with Crippen molar-refractivity contribution in [1.82, 2.24) is 19.5 Å². The second-order valence-corrected chi connectivity index (χ2v) is 6.84. The van der Waals surface area contributed by atoms with Crippen molar-refractivity contribution in [3.05, 3.63) is 88.6 Å². The molecule has 0 spiro atoms. The Kier molecular flexibility index (Phi) is 4.50. The number of hydrogen-bond acceptors (Lipinski definition) is 5. The molecule has 0 aliphatic heterocycles. The first-order valence-electron chi connectivity index (χ1n) is 8.19. The summed E-state index contributed by atoms with van der Waals surface area (Å²) in [5.74, 6) is 1.26. The van der Waals surface area contributed by atoms with E-state index in [1.807, 2.05) is 55.6 Å². The minimum Gasteiger partial charge on any atom is -0.268 e. The van der Waals surface area contributed by atoms with Gasteiger partial charge in [0, 0.05) is 24.3 Å². The van der Waals surface area contributed by atoms with E-state index < -0.39 is 0 Å². The smallest absolute Gasteiger partial charge is 0.267 e. The van der Waals surface area contributed by atoms with Crippen LogP contribution in [0.4, 0.5) is 0 Å². The highest BCUT2D eigenvalue weighted by Gasteiger charge is 2.14. The molecule has 26 heavy (non-hydrogen) atoms. The summed E-state index contributed by atoms with van der Waals surface area (Å²) in [7, 11) is 0. The molecule has 3 aromatic heterocycles. The summed E-state index contributed by atoms with van der Waals surface area (Å²) in [6.07, 6.45) is 5.28. The highest BCUT2D eigenvalue weighted by molar-refractivity contribution is 7.98. The van der Waals surface area contributed by atoms with E-state index in [1.54, 1.807) is 23.0 Å². The highest BCUT2D eigenvalue weighted by atomic mass is 32.2. The zero-order chi connectivity index (χ0) is 17.9. The molecule has 0 amide bonds. The van der Waals surface area contributed by atoms with E-state index in [0.717, 1.165) is 11.1 Å². The van der Waals surface area contributed by atoms with Crippen LogP contribution >= 0.6 is 11.8 Å². The van der Waals surface area contributed by atoms with E-state index in [9.17, 15) is 4.79 Å². The zero-order valence-corrected chi connectivity index (χ0v) is 15.0. The van der Waals surface area contributed by atoms with Gasteiger partial charge in [-0.05, 0) is 48.4 Å². The van der Waals surface area contributed by atoms with Crippen LogP contribution in [0.2, 0.25) is 0 Å². The Labute approximate surface area is 154 Å². The van der Waals surface area contributed by atoms with Crippen molar-refractivity contribution in [2.24, 2.45) is 0 Å². The Balaban J connectivity index is 1.86. The molecule has 0 atom stereocenters. The lowest BCUT2D eigenvalue weighted by Crippen LogP contribution is -2.22. The monoisotopic (exact) mass is 360 g/mol. The average Bonchev–Trinajstić information content (AvgIpc) is 2.67. The number of aromatic nitrogens is 4. The predicted octanol–water partition coefficient (Wildman–Crippen LogP) is 3.78. The van der Waals surface area contributed by atoms with E-state index >= 15 is 0 Å². The maximum atomic E-state index is 13.1. The maximum absolute atomic E-state index is 13.1. The van der Waals surface area contributed by atoms with Gasteiger partial charge in [0.2, 0.25) is 0 Å². The number of para-hydroxylation sites is 1. The van der Waals surface area contributed by atoms with Crippen LogP contribution in [0.3, 0.4) is 0 Å². The molecule has 0 fully saturated rings. The maximum Gasteiger partial charge on any atom is 0.267 e. The van der Waals surface area contributed by atoms with Crippen molar-refractivity contribution in [1.29, 1.82) is 0 Å². The number of hydrogen-bond donors (Lipinski definition) is 0. The standard InChI is InChI=1S/C20H16N4OS/c1-14-8-10-22-18(11-14)24-19(25)16-6-2-3-7-17(16)23-20(24)26-13-15-5-4-9-21-12-15/h2-12H,13H2,1H3. The molecule has 3 heterocycles. The summed E-state index contributed by atoms with van der Waals surface area (Å²) in [6, 6.07) is 15.1. The summed E-state index contributed by atoms with van der Waals surface area (Å²) in [5.41, 5.74) is 2.69. The topological polar surface area (TPSA) is 60.7 Å². The van der Waals surface area contributed by atoms with Gasteiger partial charge in [-0.3, -0.25) is 9.78 Å². The third-order valence-corrected chi connectivity index (χ3v) is 4.98. The Morgan fingerprint density at radius 2 is 1.96 bits per heavy atom. The normalized spacial score (nSPS) is 11.0. The van der Waals surface area contributed by atoms with Crippen LogP contribution in [0, 0.1) is 6.92 Å².